The van der Waals surface area contributed by atoms with Crippen molar-refractivity contribution in [1.29, 1.82) is 0 Å². The lowest BCUT2D eigenvalue weighted by atomic mass is 9.85. The van der Waals surface area contributed by atoms with Crippen molar-refractivity contribution in [3.63, 3.8) is 0 Å². The summed E-state index contributed by atoms with van der Waals surface area (Å²) in [6.07, 6.45) is 0. The summed E-state index contributed by atoms with van der Waals surface area (Å²) in [7, 11) is 0. The molecule has 1 radical (unpaired) electrons. The molecular formula is C13H19O2. The van der Waals surface area contributed by atoms with Gasteiger partial charge in [-0.3, -0.25) is 0 Å². The topological polar surface area (TPSA) is 29.5 Å². The smallest absolute Gasteiger partial charge is 0.128 e. The van der Waals surface area contributed by atoms with E-state index in [1.54, 1.807) is 0 Å². The lowest BCUT2D eigenvalue weighted by Crippen LogP contribution is -2.14. The number of ether oxygens (including phenoxy) is 1. The predicted molar refractivity (Wildman–Crippen MR) is 61.6 cm³/mol. The zero-order valence-corrected chi connectivity index (χ0v) is 9.87. The van der Waals surface area contributed by atoms with Crippen molar-refractivity contribution in [2.45, 2.75) is 33.1 Å². The van der Waals surface area contributed by atoms with Gasteiger partial charge in [-0.15, -0.1) is 0 Å². The molecule has 1 rings (SSSR count). The number of benzene rings is 1. The average Bonchev–Trinajstić information content (AvgIpc) is 2.17. The number of aliphatic hydroxyl groups is 1. The minimum Gasteiger partial charge on any atom is -0.493 e. The monoisotopic (exact) mass is 207 g/mol. The third kappa shape index (κ3) is 2.72. The molecule has 0 amide bonds. The number of hydrogen-bond acceptors (Lipinski definition) is 2. The van der Waals surface area contributed by atoms with Crippen LogP contribution in [0.15, 0.2) is 18.2 Å². The summed E-state index contributed by atoms with van der Waals surface area (Å²) in [4.78, 5) is 0. The summed E-state index contributed by atoms with van der Waals surface area (Å²) < 4.78 is 5.59. The van der Waals surface area contributed by atoms with E-state index in [1.165, 1.54) is 0 Å². The largest absolute Gasteiger partial charge is 0.493 e. The Labute approximate surface area is 91.9 Å². The van der Waals surface area contributed by atoms with Crippen molar-refractivity contribution in [3.8, 4) is 5.75 Å². The van der Waals surface area contributed by atoms with E-state index in [1.807, 2.05) is 25.1 Å². The Morgan fingerprint density at radius 1 is 1.33 bits per heavy atom. The van der Waals surface area contributed by atoms with Gasteiger partial charge >= 0.3 is 0 Å². The van der Waals surface area contributed by atoms with Crippen LogP contribution in [0.5, 0.6) is 5.75 Å². The minimum atomic E-state index is 0.0174. The zero-order valence-electron chi connectivity index (χ0n) is 9.87. The zero-order chi connectivity index (χ0) is 11.5. The van der Waals surface area contributed by atoms with Crippen LogP contribution in [0.2, 0.25) is 0 Å². The highest BCUT2D eigenvalue weighted by molar-refractivity contribution is 5.47. The lowest BCUT2D eigenvalue weighted by Gasteiger charge is -2.24. The summed E-state index contributed by atoms with van der Waals surface area (Å²) in [5, 5.41) is 9.13. The Morgan fingerprint density at radius 2 is 2.00 bits per heavy atom. The molecule has 0 aromatic heterocycles. The molecule has 1 aromatic carbocycles. The van der Waals surface area contributed by atoms with Crippen LogP contribution in [-0.2, 0) is 5.41 Å². The van der Waals surface area contributed by atoms with Gasteiger partial charge in [0.25, 0.3) is 0 Å². The molecule has 1 aromatic rings. The molecule has 15 heavy (non-hydrogen) atoms. The van der Waals surface area contributed by atoms with E-state index in [0.29, 0.717) is 6.61 Å². The Kier molecular flexibility index (Phi) is 3.75. The first kappa shape index (κ1) is 12.1. The molecule has 0 saturated heterocycles. The number of para-hydroxylation sites is 1. The molecule has 83 valence electrons. The van der Waals surface area contributed by atoms with E-state index in [0.717, 1.165) is 23.5 Å². The third-order valence-corrected chi connectivity index (χ3v) is 2.28. The van der Waals surface area contributed by atoms with E-state index >= 15 is 0 Å². The van der Waals surface area contributed by atoms with Gasteiger partial charge in [-0.1, -0.05) is 39.0 Å². The van der Waals surface area contributed by atoms with Crippen LogP contribution in [0.1, 0.15) is 38.8 Å². The van der Waals surface area contributed by atoms with Gasteiger partial charge in [0.1, 0.15) is 12.4 Å². The maximum atomic E-state index is 9.13. The van der Waals surface area contributed by atoms with Crippen molar-refractivity contribution in [1.82, 2.24) is 0 Å². The highest BCUT2D eigenvalue weighted by Crippen LogP contribution is 2.34. The Bertz CT molecular complexity index is 324. The van der Waals surface area contributed by atoms with Gasteiger partial charge in [-0.2, -0.15) is 0 Å². The maximum Gasteiger partial charge on any atom is 0.128 e. The fourth-order valence-electron chi connectivity index (χ4n) is 1.55. The number of aliphatic hydroxyl groups excluding tert-OH is 1. The van der Waals surface area contributed by atoms with E-state index in [9.17, 15) is 0 Å². The molecule has 1 N–H and O–H groups in total. The fourth-order valence-corrected chi connectivity index (χ4v) is 1.55. The molecule has 0 unspecified atom stereocenters. The molecule has 0 aliphatic rings. The minimum absolute atomic E-state index is 0.0174. The molecule has 0 atom stereocenters. The summed E-state index contributed by atoms with van der Waals surface area (Å²) in [6, 6.07) is 5.82. The van der Waals surface area contributed by atoms with Gasteiger partial charge in [0, 0.05) is 5.56 Å². The maximum absolute atomic E-state index is 9.13. The average molecular weight is 207 g/mol. The van der Waals surface area contributed by atoms with Crippen LogP contribution in [0.4, 0.5) is 0 Å². The van der Waals surface area contributed by atoms with Crippen molar-refractivity contribution in [3.05, 3.63) is 35.9 Å². The third-order valence-electron chi connectivity index (χ3n) is 2.28. The second-order valence-corrected chi connectivity index (χ2v) is 4.54. The van der Waals surface area contributed by atoms with E-state index in [-0.39, 0.29) is 5.41 Å². The summed E-state index contributed by atoms with van der Waals surface area (Å²) >= 11 is 0. The lowest BCUT2D eigenvalue weighted by molar-refractivity contribution is 0.320. The van der Waals surface area contributed by atoms with E-state index in [4.69, 9.17) is 9.84 Å². The number of hydrogen-bond donors (Lipinski definition) is 1. The van der Waals surface area contributed by atoms with Gasteiger partial charge in [0.2, 0.25) is 0 Å². The van der Waals surface area contributed by atoms with Crippen LogP contribution in [0.3, 0.4) is 0 Å². The first-order chi connectivity index (χ1) is 7.00. The predicted octanol–water partition coefficient (Wildman–Crippen LogP) is 3.27. The van der Waals surface area contributed by atoms with Crippen molar-refractivity contribution >= 4 is 0 Å². The molecule has 0 aliphatic heterocycles. The Morgan fingerprint density at radius 3 is 2.47 bits per heavy atom. The van der Waals surface area contributed by atoms with Crippen LogP contribution in [-0.4, -0.2) is 11.7 Å². The normalized spacial score (nSPS) is 11.5. The van der Waals surface area contributed by atoms with Gasteiger partial charge in [-0.25, -0.2) is 0 Å². The molecule has 2 nitrogen and oxygen atoms in total. The first-order valence-electron chi connectivity index (χ1n) is 5.24. The van der Waals surface area contributed by atoms with E-state index in [2.05, 4.69) is 20.8 Å². The van der Waals surface area contributed by atoms with Crippen molar-refractivity contribution in [2.24, 2.45) is 0 Å². The Balaban J connectivity index is 3.25. The summed E-state index contributed by atoms with van der Waals surface area (Å²) in [6.45, 7) is 10.0. The molecule has 0 spiro atoms. The summed E-state index contributed by atoms with van der Waals surface area (Å²) in [5.74, 6) is 0.787. The number of rotatable bonds is 3. The highest BCUT2D eigenvalue weighted by Gasteiger charge is 2.20. The van der Waals surface area contributed by atoms with E-state index < -0.39 is 0 Å². The second kappa shape index (κ2) is 4.67. The van der Waals surface area contributed by atoms with Crippen LogP contribution in [0, 0.1) is 6.61 Å². The summed E-state index contributed by atoms with van der Waals surface area (Å²) in [5.41, 5.74) is 1.88. The first-order valence-corrected chi connectivity index (χ1v) is 5.24. The second-order valence-electron chi connectivity index (χ2n) is 4.54. The van der Waals surface area contributed by atoms with Crippen molar-refractivity contribution < 1.29 is 9.84 Å². The SMILES string of the molecule is CCOc1c([CH]O)cccc1C(C)(C)C. The quantitative estimate of drug-likeness (QED) is 0.824. The molecule has 0 aliphatic carbocycles. The molecule has 0 fully saturated rings. The van der Waals surface area contributed by atoms with Crippen LogP contribution < -0.4 is 4.74 Å². The Hall–Kier alpha value is -1.02. The highest BCUT2D eigenvalue weighted by atomic mass is 16.5. The molecule has 0 saturated carbocycles. The van der Waals surface area contributed by atoms with Gasteiger partial charge in [0.05, 0.1) is 6.61 Å². The molecular weight excluding hydrogens is 188 g/mol. The molecule has 0 heterocycles. The molecule has 2 heteroatoms. The molecule has 0 bridgehead atoms. The van der Waals surface area contributed by atoms with Crippen LogP contribution >= 0.6 is 0 Å². The van der Waals surface area contributed by atoms with Gasteiger partial charge in [-0.05, 0) is 17.9 Å². The van der Waals surface area contributed by atoms with Crippen molar-refractivity contribution in [2.75, 3.05) is 6.61 Å². The standard InChI is InChI=1S/C13H19O2/c1-5-15-12-10(9-14)7-6-8-11(12)13(2,3)4/h6-9,14H,5H2,1-4H3. The van der Waals surface area contributed by atoms with Gasteiger partial charge < -0.3 is 9.84 Å². The fraction of sp³-hybridized carbons (Fsp3) is 0.462. The van der Waals surface area contributed by atoms with Gasteiger partial charge in [0.15, 0.2) is 0 Å². The van der Waals surface area contributed by atoms with Crippen LogP contribution in [0.25, 0.3) is 0 Å².